The number of anilines is 1. The van der Waals surface area contributed by atoms with Gasteiger partial charge >= 0.3 is 6.03 Å². The molecule has 1 aliphatic rings. The number of rotatable bonds is 4. The molecule has 11 heteroatoms. The monoisotopic (exact) mass is 447 g/mol. The Labute approximate surface area is 188 Å². The van der Waals surface area contributed by atoms with Gasteiger partial charge in [0.05, 0.1) is 23.6 Å². The van der Waals surface area contributed by atoms with E-state index >= 15 is 0 Å². The van der Waals surface area contributed by atoms with Crippen molar-refractivity contribution >= 4 is 28.5 Å². The van der Waals surface area contributed by atoms with Gasteiger partial charge < -0.3 is 14.9 Å². The minimum Gasteiger partial charge on any atom is -0.443 e. The summed E-state index contributed by atoms with van der Waals surface area (Å²) < 4.78 is 12.9. The smallest absolute Gasteiger partial charge is 0.338 e. The highest BCUT2D eigenvalue weighted by molar-refractivity contribution is 6.01. The van der Waals surface area contributed by atoms with E-state index in [9.17, 15) is 9.59 Å². The van der Waals surface area contributed by atoms with Gasteiger partial charge in [-0.1, -0.05) is 0 Å². The first-order valence-corrected chi connectivity index (χ1v) is 10.5. The van der Waals surface area contributed by atoms with Gasteiger partial charge in [0.2, 0.25) is 5.89 Å². The summed E-state index contributed by atoms with van der Waals surface area (Å²) >= 11 is 0. The van der Waals surface area contributed by atoms with Crippen molar-refractivity contribution in [3.8, 4) is 11.6 Å². The molecule has 33 heavy (non-hydrogen) atoms. The van der Waals surface area contributed by atoms with Crippen molar-refractivity contribution in [2.45, 2.75) is 25.5 Å². The van der Waals surface area contributed by atoms with Gasteiger partial charge in [0.25, 0.3) is 5.91 Å². The molecule has 4 aromatic rings. The number of nitrogens with zero attached hydrogens (tertiary/aromatic N) is 5. The third kappa shape index (κ3) is 4.13. The number of hydrogen-bond acceptors (Lipinski definition) is 7. The van der Waals surface area contributed by atoms with E-state index in [0.717, 1.165) is 35.2 Å². The lowest BCUT2D eigenvalue weighted by molar-refractivity contribution is -0.0366. The molecule has 1 atom stereocenters. The number of fused-ring (bicyclic) bond motifs is 1. The number of carbonyl (C=O) groups is 2. The molecule has 3 amide bonds. The van der Waals surface area contributed by atoms with Gasteiger partial charge in [-0.05, 0) is 49.6 Å². The Hall–Kier alpha value is -4.25. The maximum atomic E-state index is 12.9. The average Bonchev–Trinajstić information content (AvgIpc) is 3.53. The van der Waals surface area contributed by atoms with Crippen LogP contribution >= 0.6 is 0 Å². The first-order chi connectivity index (χ1) is 16.1. The number of primary amides is 1. The zero-order valence-electron chi connectivity index (χ0n) is 17.5. The van der Waals surface area contributed by atoms with E-state index in [1.54, 1.807) is 18.3 Å². The van der Waals surface area contributed by atoms with Crippen molar-refractivity contribution in [1.29, 1.82) is 0 Å². The Bertz CT molecular complexity index is 1300. The summed E-state index contributed by atoms with van der Waals surface area (Å²) in [6.45, 7) is 0.707. The standard InChI is InChI=1S/C22H21N7O4/c23-22(31)28(27-20(30)14-6-7-24-17(12-14)21-25-8-10-33-21)16-4-5-18-15(11-16)13-26-29(18)19-3-1-2-9-32-19/h4-8,10-13,19H,1-3,9H2,(H2,23,31)(H,27,30). The van der Waals surface area contributed by atoms with E-state index in [1.807, 2.05) is 10.7 Å². The van der Waals surface area contributed by atoms with Crippen LogP contribution in [0.5, 0.6) is 0 Å². The van der Waals surface area contributed by atoms with E-state index in [1.165, 1.54) is 30.8 Å². The number of hydrazine groups is 1. The number of pyridine rings is 1. The molecule has 1 saturated heterocycles. The molecule has 0 radical (unpaired) electrons. The van der Waals surface area contributed by atoms with Crippen LogP contribution in [-0.4, -0.2) is 38.3 Å². The van der Waals surface area contributed by atoms with Crippen LogP contribution in [0.15, 0.2) is 59.6 Å². The zero-order valence-corrected chi connectivity index (χ0v) is 17.5. The Morgan fingerprint density at radius 1 is 1.15 bits per heavy atom. The molecule has 0 saturated carbocycles. The van der Waals surface area contributed by atoms with E-state index < -0.39 is 11.9 Å². The summed E-state index contributed by atoms with van der Waals surface area (Å²) in [6, 6.07) is 7.44. The average molecular weight is 447 g/mol. The molecule has 1 fully saturated rings. The number of aromatic nitrogens is 4. The zero-order chi connectivity index (χ0) is 22.8. The molecular formula is C22H21N7O4. The highest BCUT2D eigenvalue weighted by Crippen LogP contribution is 2.28. The predicted molar refractivity (Wildman–Crippen MR) is 118 cm³/mol. The molecule has 5 rings (SSSR count). The lowest BCUT2D eigenvalue weighted by Gasteiger charge is -2.24. The van der Waals surface area contributed by atoms with Crippen molar-refractivity contribution in [2.24, 2.45) is 5.73 Å². The van der Waals surface area contributed by atoms with Crippen molar-refractivity contribution in [3.05, 3.63) is 60.7 Å². The van der Waals surface area contributed by atoms with Crippen LogP contribution in [0.25, 0.3) is 22.5 Å². The number of hydrogen-bond donors (Lipinski definition) is 2. The highest BCUT2D eigenvalue weighted by atomic mass is 16.5. The number of ether oxygens (including phenoxy) is 1. The molecule has 1 aromatic carbocycles. The third-order valence-electron chi connectivity index (χ3n) is 5.37. The Kier molecular flexibility index (Phi) is 5.45. The topological polar surface area (TPSA) is 141 Å². The molecule has 3 aromatic heterocycles. The highest BCUT2D eigenvalue weighted by Gasteiger charge is 2.21. The van der Waals surface area contributed by atoms with Crippen molar-refractivity contribution < 1.29 is 18.7 Å². The second-order valence-electron chi connectivity index (χ2n) is 7.54. The van der Waals surface area contributed by atoms with Crippen LogP contribution in [0, 0.1) is 0 Å². The molecule has 4 heterocycles. The Balaban J connectivity index is 1.39. The maximum Gasteiger partial charge on any atom is 0.338 e. The minimum atomic E-state index is -0.840. The SMILES string of the molecule is NC(=O)N(NC(=O)c1ccnc(-c2ncco2)c1)c1ccc2c(cnn2C2CCCCO2)c1. The minimum absolute atomic E-state index is 0.112. The van der Waals surface area contributed by atoms with Gasteiger partial charge in [-0.15, -0.1) is 0 Å². The van der Waals surface area contributed by atoms with Crippen LogP contribution in [0.3, 0.4) is 0 Å². The number of urea groups is 1. The summed E-state index contributed by atoms with van der Waals surface area (Å²) in [5, 5.41) is 6.23. The maximum absolute atomic E-state index is 12.9. The summed E-state index contributed by atoms with van der Waals surface area (Å²) in [7, 11) is 0. The molecule has 0 aliphatic carbocycles. The fourth-order valence-electron chi connectivity index (χ4n) is 3.78. The first-order valence-electron chi connectivity index (χ1n) is 10.5. The van der Waals surface area contributed by atoms with E-state index in [4.69, 9.17) is 14.9 Å². The second-order valence-corrected chi connectivity index (χ2v) is 7.54. The molecule has 1 unspecified atom stereocenters. The van der Waals surface area contributed by atoms with Gasteiger partial charge in [-0.2, -0.15) is 5.10 Å². The fraction of sp³-hybridized carbons (Fsp3) is 0.227. The van der Waals surface area contributed by atoms with Gasteiger partial charge in [0.1, 0.15) is 12.0 Å². The molecular weight excluding hydrogens is 426 g/mol. The first kappa shape index (κ1) is 20.6. The molecule has 1 aliphatic heterocycles. The van der Waals surface area contributed by atoms with Crippen LogP contribution in [0.2, 0.25) is 0 Å². The van der Waals surface area contributed by atoms with Gasteiger partial charge in [0.15, 0.2) is 6.23 Å². The summed E-state index contributed by atoms with van der Waals surface area (Å²) in [5.74, 6) is -0.267. The van der Waals surface area contributed by atoms with Crippen LogP contribution in [-0.2, 0) is 4.74 Å². The van der Waals surface area contributed by atoms with Crippen LogP contribution in [0.4, 0.5) is 10.5 Å². The number of oxazole rings is 1. The molecule has 168 valence electrons. The summed E-state index contributed by atoms with van der Waals surface area (Å²) in [5.41, 5.74) is 10.0. The second kappa shape index (κ2) is 8.71. The van der Waals surface area contributed by atoms with Crippen molar-refractivity contribution in [2.75, 3.05) is 11.6 Å². The number of nitrogens with one attached hydrogen (secondary N) is 1. The molecule has 11 nitrogen and oxygen atoms in total. The lowest BCUT2D eigenvalue weighted by Crippen LogP contribution is -2.49. The summed E-state index contributed by atoms with van der Waals surface area (Å²) in [6.07, 6.45) is 8.96. The Morgan fingerprint density at radius 2 is 2.06 bits per heavy atom. The largest absolute Gasteiger partial charge is 0.443 e. The number of nitrogens with two attached hydrogens (primary N) is 1. The summed E-state index contributed by atoms with van der Waals surface area (Å²) in [4.78, 5) is 33.2. The van der Waals surface area contributed by atoms with Crippen LogP contribution in [0.1, 0.15) is 35.8 Å². The van der Waals surface area contributed by atoms with E-state index in [0.29, 0.717) is 18.0 Å². The molecule has 0 bridgehead atoms. The van der Waals surface area contributed by atoms with Gasteiger partial charge in [-0.25, -0.2) is 19.5 Å². The normalized spacial score (nSPS) is 15.9. The van der Waals surface area contributed by atoms with Gasteiger partial charge in [-0.3, -0.25) is 15.2 Å². The predicted octanol–water partition coefficient (Wildman–Crippen LogP) is 3.02. The van der Waals surface area contributed by atoms with Crippen molar-refractivity contribution in [1.82, 2.24) is 25.2 Å². The lowest BCUT2D eigenvalue weighted by atomic mass is 10.2. The van der Waals surface area contributed by atoms with Gasteiger partial charge in [0, 0.05) is 23.8 Å². The number of benzene rings is 1. The molecule has 0 spiro atoms. The quantitative estimate of drug-likeness (QED) is 0.458. The van der Waals surface area contributed by atoms with E-state index in [-0.39, 0.29) is 17.7 Å². The number of amides is 3. The van der Waals surface area contributed by atoms with Crippen LogP contribution < -0.4 is 16.2 Å². The fourth-order valence-corrected chi connectivity index (χ4v) is 3.78. The van der Waals surface area contributed by atoms with Crippen molar-refractivity contribution in [3.63, 3.8) is 0 Å². The Morgan fingerprint density at radius 3 is 2.82 bits per heavy atom. The van der Waals surface area contributed by atoms with E-state index in [2.05, 4.69) is 20.5 Å². The third-order valence-corrected chi connectivity index (χ3v) is 5.37. The number of carbonyl (C=O) groups excluding carboxylic acids is 2. The molecule has 3 N–H and O–H groups in total.